The fraction of sp³-hybridized carbons (Fsp3) is 0.368. The van der Waals surface area contributed by atoms with Crippen LogP contribution in [0, 0.1) is 6.92 Å². The van der Waals surface area contributed by atoms with Crippen molar-refractivity contribution in [1.29, 1.82) is 0 Å². The lowest BCUT2D eigenvalue weighted by Crippen LogP contribution is -2.47. The second-order valence-corrected chi connectivity index (χ2v) is 7.41. The number of aromatic nitrogens is 2. The minimum absolute atomic E-state index is 0.140. The van der Waals surface area contributed by atoms with Gasteiger partial charge in [-0.1, -0.05) is 18.2 Å². The number of thiophene rings is 1. The van der Waals surface area contributed by atoms with Gasteiger partial charge in [0.05, 0.1) is 10.9 Å². The standard InChI is InChI=1S/C19H22N4OS/c1-14-5-3-6-16(13-14)23-10-8-22(9-11-23)15(2)18-20-21-19(24-18)17-7-4-12-25-17/h3-7,12-13,15H,8-11H2,1-2H3. The Bertz CT molecular complexity index is 822. The summed E-state index contributed by atoms with van der Waals surface area (Å²) in [4.78, 5) is 5.88. The monoisotopic (exact) mass is 354 g/mol. The lowest BCUT2D eigenvalue weighted by Gasteiger charge is -2.38. The van der Waals surface area contributed by atoms with Crippen LogP contribution in [0.25, 0.3) is 10.8 Å². The molecule has 1 atom stereocenters. The highest BCUT2D eigenvalue weighted by Gasteiger charge is 2.26. The summed E-state index contributed by atoms with van der Waals surface area (Å²) in [6.07, 6.45) is 0. The zero-order chi connectivity index (χ0) is 17.2. The molecule has 6 heteroatoms. The van der Waals surface area contributed by atoms with E-state index in [4.69, 9.17) is 4.42 Å². The summed E-state index contributed by atoms with van der Waals surface area (Å²) in [6, 6.07) is 12.9. The largest absolute Gasteiger partial charge is 0.418 e. The molecule has 5 nitrogen and oxygen atoms in total. The van der Waals surface area contributed by atoms with Crippen LogP contribution in [-0.4, -0.2) is 41.3 Å². The summed E-state index contributed by atoms with van der Waals surface area (Å²) in [6.45, 7) is 8.30. The lowest BCUT2D eigenvalue weighted by atomic mass is 10.1. The summed E-state index contributed by atoms with van der Waals surface area (Å²) in [7, 11) is 0. The Hall–Kier alpha value is -2.18. The fourth-order valence-corrected chi connectivity index (χ4v) is 3.90. The SMILES string of the molecule is Cc1cccc(N2CCN(C(C)c3nnc(-c4cccs4)o3)CC2)c1. The Labute approximate surface area is 151 Å². The Balaban J connectivity index is 1.40. The van der Waals surface area contributed by atoms with E-state index in [-0.39, 0.29) is 6.04 Å². The second-order valence-electron chi connectivity index (χ2n) is 6.46. The van der Waals surface area contributed by atoms with Crippen LogP contribution in [0.15, 0.2) is 46.2 Å². The third-order valence-corrected chi connectivity index (χ3v) is 5.62. The number of nitrogens with zero attached hydrogens (tertiary/aromatic N) is 4. The molecule has 1 aliphatic heterocycles. The van der Waals surface area contributed by atoms with E-state index in [1.165, 1.54) is 11.3 Å². The van der Waals surface area contributed by atoms with Gasteiger partial charge in [-0.05, 0) is 43.0 Å². The van der Waals surface area contributed by atoms with Crippen LogP contribution >= 0.6 is 11.3 Å². The summed E-state index contributed by atoms with van der Waals surface area (Å²) in [5.41, 5.74) is 2.62. The highest BCUT2D eigenvalue weighted by molar-refractivity contribution is 7.13. The average Bonchev–Trinajstić information content (AvgIpc) is 3.32. The van der Waals surface area contributed by atoms with Gasteiger partial charge in [-0.25, -0.2) is 0 Å². The van der Waals surface area contributed by atoms with Gasteiger partial charge < -0.3 is 9.32 Å². The third kappa shape index (κ3) is 3.45. The number of hydrogen-bond donors (Lipinski definition) is 0. The van der Waals surface area contributed by atoms with Crippen LogP contribution in [0.5, 0.6) is 0 Å². The minimum Gasteiger partial charge on any atom is -0.418 e. The normalized spacial score (nSPS) is 17.0. The first-order chi connectivity index (χ1) is 12.2. The van der Waals surface area contributed by atoms with E-state index in [0.717, 1.165) is 31.1 Å². The van der Waals surface area contributed by atoms with E-state index < -0.39 is 0 Å². The second kappa shape index (κ2) is 6.98. The first-order valence-electron chi connectivity index (χ1n) is 8.63. The summed E-state index contributed by atoms with van der Waals surface area (Å²) in [5.74, 6) is 1.32. The molecule has 3 aromatic rings. The van der Waals surface area contributed by atoms with E-state index in [1.807, 2.05) is 17.5 Å². The predicted octanol–water partition coefficient (Wildman–Crippen LogP) is 3.99. The maximum Gasteiger partial charge on any atom is 0.257 e. The van der Waals surface area contributed by atoms with Crippen molar-refractivity contribution in [2.24, 2.45) is 0 Å². The van der Waals surface area contributed by atoms with Crippen molar-refractivity contribution in [2.75, 3.05) is 31.1 Å². The molecule has 0 spiro atoms. The molecule has 0 saturated carbocycles. The van der Waals surface area contributed by atoms with Crippen molar-refractivity contribution >= 4 is 17.0 Å². The molecule has 1 saturated heterocycles. The molecule has 1 aliphatic rings. The quantitative estimate of drug-likeness (QED) is 0.709. The Morgan fingerprint density at radius 3 is 2.64 bits per heavy atom. The summed E-state index contributed by atoms with van der Waals surface area (Å²) < 4.78 is 5.90. The zero-order valence-corrected chi connectivity index (χ0v) is 15.4. The van der Waals surface area contributed by atoms with Crippen molar-refractivity contribution in [3.8, 4) is 10.8 Å². The fourth-order valence-electron chi connectivity index (χ4n) is 3.25. The van der Waals surface area contributed by atoms with Gasteiger partial charge in [0.25, 0.3) is 5.89 Å². The van der Waals surface area contributed by atoms with Crippen molar-refractivity contribution in [1.82, 2.24) is 15.1 Å². The third-order valence-electron chi connectivity index (χ3n) is 4.76. The molecule has 25 heavy (non-hydrogen) atoms. The van der Waals surface area contributed by atoms with E-state index in [9.17, 15) is 0 Å². The van der Waals surface area contributed by atoms with Crippen LogP contribution in [0.4, 0.5) is 5.69 Å². The number of hydrogen-bond acceptors (Lipinski definition) is 6. The van der Waals surface area contributed by atoms with Crippen molar-refractivity contribution in [3.05, 3.63) is 53.2 Å². The average molecular weight is 354 g/mol. The molecule has 3 heterocycles. The highest BCUT2D eigenvalue weighted by Crippen LogP contribution is 2.28. The summed E-state index contributed by atoms with van der Waals surface area (Å²) in [5, 5.41) is 10.5. The molecular weight excluding hydrogens is 332 g/mol. The molecule has 2 aromatic heterocycles. The van der Waals surface area contributed by atoms with E-state index >= 15 is 0 Å². The van der Waals surface area contributed by atoms with Gasteiger partial charge in [0, 0.05) is 31.9 Å². The van der Waals surface area contributed by atoms with Crippen LogP contribution < -0.4 is 4.90 Å². The van der Waals surface area contributed by atoms with Crippen LogP contribution in [0.3, 0.4) is 0 Å². The molecule has 0 radical (unpaired) electrons. The van der Waals surface area contributed by atoms with E-state index in [2.05, 4.69) is 58.1 Å². The number of piperazine rings is 1. The molecule has 0 bridgehead atoms. The Kier molecular flexibility index (Phi) is 4.55. The maximum atomic E-state index is 5.90. The first-order valence-corrected chi connectivity index (χ1v) is 9.51. The van der Waals surface area contributed by atoms with Crippen LogP contribution in [0.1, 0.15) is 24.4 Å². The summed E-state index contributed by atoms with van der Waals surface area (Å²) >= 11 is 1.62. The molecular formula is C19H22N4OS. The van der Waals surface area contributed by atoms with E-state index in [0.29, 0.717) is 11.8 Å². The maximum absolute atomic E-state index is 5.90. The zero-order valence-electron chi connectivity index (χ0n) is 14.6. The van der Waals surface area contributed by atoms with Crippen molar-refractivity contribution in [2.45, 2.75) is 19.9 Å². The highest BCUT2D eigenvalue weighted by atomic mass is 32.1. The molecule has 0 amide bonds. The Morgan fingerprint density at radius 2 is 1.92 bits per heavy atom. The molecule has 130 valence electrons. The lowest BCUT2D eigenvalue weighted by molar-refractivity contribution is 0.174. The topological polar surface area (TPSA) is 45.4 Å². The van der Waals surface area contributed by atoms with Crippen molar-refractivity contribution in [3.63, 3.8) is 0 Å². The molecule has 1 aromatic carbocycles. The molecule has 0 N–H and O–H groups in total. The van der Waals surface area contributed by atoms with Gasteiger partial charge in [-0.2, -0.15) is 0 Å². The van der Waals surface area contributed by atoms with Gasteiger partial charge in [-0.15, -0.1) is 21.5 Å². The van der Waals surface area contributed by atoms with Gasteiger partial charge in [0.15, 0.2) is 0 Å². The first kappa shape index (κ1) is 16.3. The minimum atomic E-state index is 0.140. The number of aryl methyl sites for hydroxylation is 1. The van der Waals surface area contributed by atoms with Gasteiger partial charge in [0.2, 0.25) is 5.89 Å². The molecule has 4 rings (SSSR count). The molecule has 0 aliphatic carbocycles. The van der Waals surface area contributed by atoms with Gasteiger partial charge in [0.1, 0.15) is 0 Å². The smallest absolute Gasteiger partial charge is 0.257 e. The van der Waals surface area contributed by atoms with Crippen molar-refractivity contribution < 1.29 is 4.42 Å². The predicted molar refractivity (Wildman–Crippen MR) is 101 cm³/mol. The number of benzene rings is 1. The molecule has 1 fully saturated rings. The van der Waals surface area contributed by atoms with Gasteiger partial charge in [-0.3, -0.25) is 4.90 Å². The Morgan fingerprint density at radius 1 is 1.08 bits per heavy atom. The van der Waals surface area contributed by atoms with Crippen LogP contribution in [0.2, 0.25) is 0 Å². The number of anilines is 1. The number of rotatable bonds is 4. The van der Waals surface area contributed by atoms with Gasteiger partial charge >= 0.3 is 0 Å². The van der Waals surface area contributed by atoms with E-state index in [1.54, 1.807) is 11.3 Å². The molecule has 1 unspecified atom stereocenters. The van der Waals surface area contributed by atoms with Crippen LogP contribution in [-0.2, 0) is 0 Å².